The Hall–Kier alpha value is -3.64. The number of halogens is 6. The summed E-state index contributed by atoms with van der Waals surface area (Å²) in [5, 5.41) is 9.80. The van der Waals surface area contributed by atoms with Gasteiger partial charge in [0, 0.05) is 31.5 Å². The van der Waals surface area contributed by atoms with Crippen molar-refractivity contribution in [3.05, 3.63) is 76.2 Å². The molecule has 0 amide bonds. The number of hydrogen-bond acceptors (Lipinski definition) is 6. The molecule has 1 N–H and O–H groups in total. The van der Waals surface area contributed by atoms with Gasteiger partial charge in [0.05, 0.1) is 17.8 Å². The smallest absolute Gasteiger partial charge is 0.417 e. The third-order valence-electron chi connectivity index (χ3n) is 7.58. The van der Waals surface area contributed by atoms with Crippen molar-refractivity contribution in [2.75, 3.05) is 20.3 Å². The van der Waals surface area contributed by atoms with Crippen molar-refractivity contribution in [2.24, 2.45) is 11.8 Å². The predicted molar refractivity (Wildman–Crippen MR) is 155 cm³/mol. The molecule has 2 aliphatic carbocycles. The quantitative estimate of drug-likeness (QED) is 0.257. The average molecular weight is 642 g/mol. The predicted octanol–water partition coefficient (Wildman–Crippen LogP) is 7.51. The van der Waals surface area contributed by atoms with Crippen molar-refractivity contribution in [3.8, 4) is 22.8 Å². The summed E-state index contributed by atoms with van der Waals surface area (Å²) >= 11 is 0. The summed E-state index contributed by atoms with van der Waals surface area (Å²) in [5.41, 5.74) is -1.34. The molecule has 1 heterocycles. The molecule has 2 aromatic carbocycles. The summed E-state index contributed by atoms with van der Waals surface area (Å²) in [6.45, 7) is 8.03. The number of hydrogen-bond donors (Lipinski definition) is 1. The van der Waals surface area contributed by atoms with E-state index in [1.165, 1.54) is 0 Å². The second-order valence-corrected chi connectivity index (χ2v) is 11.5. The number of rotatable bonds is 8. The Bertz CT molecular complexity index is 1430. The molecule has 0 spiro atoms. The lowest BCUT2D eigenvalue weighted by atomic mass is 9.73. The van der Waals surface area contributed by atoms with Crippen LogP contribution in [0.4, 0.5) is 26.3 Å². The molecule has 1 unspecified atom stereocenters. The van der Waals surface area contributed by atoms with Gasteiger partial charge in [0.2, 0.25) is 5.88 Å². The first-order chi connectivity index (χ1) is 21.2. The zero-order chi connectivity index (χ0) is 33.5. The molecular weight excluding hydrogens is 604 g/mol. The Morgan fingerprint density at radius 2 is 1.58 bits per heavy atom. The number of ether oxygens (including phenoxy) is 3. The highest BCUT2D eigenvalue weighted by atomic mass is 19.4. The van der Waals surface area contributed by atoms with Gasteiger partial charge in [-0.05, 0) is 97.9 Å². The van der Waals surface area contributed by atoms with Crippen molar-refractivity contribution in [3.63, 3.8) is 0 Å². The van der Waals surface area contributed by atoms with E-state index in [-0.39, 0.29) is 24.0 Å². The molecule has 45 heavy (non-hydrogen) atoms. The minimum Gasteiger partial charge on any atom is -0.487 e. The molecule has 1 atom stereocenters. The first-order valence-electron chi connectivity index (χ1n) is 14.3. The minimum atomic E-state index is -4.99. The van der Waals surface area contributed by atoms with Crippen LogP contribution in [0.3, 0.4) is 0 Å². The van der Waals surface area contributed by atoms with Gasteiger partial charge >= 0.3 is 6.18 Å². The fourth-order valence-electron chi connectivity index (χ4n) is 5.49. The van der Waals surface area contributed by atoms with E-state index in [0.29, 0.717) is 24.8 Å². The summed E-state index contributed by atoms with van der Waals surface area (Å²) in [6, 6.07) is 4.38. The van der Waals surface area contributed by atoms with Crippen LogP contribution in [-0.2, 0) is 35.2 Å². The third-order valence-corrected chi connectivity index (χ3v) is 7.58. The number of aliphatic hydroxyl groups is 1. The molecule has 1 fully saturated rings. The average Bonchev–Trinajstić information content (AvgIpc) is 3.34. The Labute approximate surface area is 258 Å². The van der Waals surface area contributed by atoms with Gasteiger partial charge in [0.1, 0.15) is 19.2 Å². The van der Waals surface area contributed by atoms with E-state index in [2.05, 4.69) is 16.6 Å². The fourth-order valence-corrected chi connectivity index (χ4v) is 5.49. The van der Waals surface area contributed by atoms with Gasteiger partial charge in [-0.3, -0.25) is 0 Å². The number of carbonyl (C=O) groups excluding carboxylic acids is 1. The van der Waals surface area contributed by atoms with Crippen molar-refractivity contribution in [1.29, 1.82) is 0 Å². The van der Waals surface area contributed by atoms with Crippen molar-refractivity contribution >= 4 is 6.79 Å². The van der Waals surface area contributed by atoms with Crippen LogP contribution in [0.15, 0.2) is 36.5 Å². The van der Waals surface area contributed by atoms with Gasteiger partial charge in [-0.1, -0.05) is 6.92 Å². The second kappa shape index (κ2) is 15.1. The summed E-state index contributed by atoms with van der Waals surface area (Å²) in [4.78, 5) is 12.2. The maximum atomic E-state index is 14.8. The van der Waals surface area contributed by atoms with Crippen LogP contribution in [-0.4, -0.2) is 42.8 Å². The van der Waals surface area contributed by atoms with Gasteiger partial charge < -0.3 is 24.1 Å². The number of pyridine rings is 1. The molecule has 1 aromatic heterocycles. The van der Waals surface area contributed by atoms with E-state index >= 15 is 0 Å². The molecule has 0 aliphatic heterocycles. The molecule has 0 radical (unpaired) electrons. The highest BCUT2D eigenvalue weighted by Gasteiger charge is 2.39. The summed E-state index contributed by atoms with van der Waals surface area (Å²) < 4.78 is 101. The van der Waals surface area contributed by atoms with Crippen LogP contribution in [0.2, 0.25) is 0 Å². The third kappa shape index (κ3) is 9.20. The van der Waals surface area contributed by atoms with Gasteiger partial charge in [-0.25, -0.2) is 18.2 Å². The lowest BCUT2D eigenvalue weighted by Gasteiger charge is -2.40. The normalized spacial score (nSPS) is 20.2. The monoisotopic (exact) mass is 641 g/mol. The van der Waals surface area contributed by atoms with Crippen LogP contribution in [0, 0.1) is 29.3 Å². The largest absolute Gasteiger partial charge is 0.487 e. The van der Waals surface area contributed by atoms with Crippen LogP contribution in [0.5, 0.6) is 11.6 Å². The number of fused-ring (bicyclic) bond motifs is 1. The van der Waals surface area contributed by atoms with E-state index in [1.807, 2.05) is 13.7 Å². The topological polar surface area (TPSA) is 77.9 Å². The second-order valence-electron chi connectivity index (χ2n) is 11.5. The molecular formula is C33H37F6NO5. The van der Waals surface area contributed by atoms with Crippen LogP contribution >= 0.6 is 0 Å². The van der Waals surface area contributed by atoms with E-state index in [0.717, 1.165) is 48.8 Å². The standard InChI is InChI=1S/C29H27F6NO3.C3H8O.CH2O/c1-15-3-17-8-26(36-12-19(17)4-15)38-14-20-5-21(22(9-23(20)30)29(33,34)35)18-6-24(31)27(25(32)7-18)39-13-16-10-28(2,37)11-16;1-3-4-2;1-2/h5-9,12,15-16,37H,3-4,10-11,13-14H2,1-2H3;3H2,1-2H3;1H2. The Morgan fingerprint density at radius 1 is 0.978 bits per heavy atom. The van der Waals surface area contributed by atoms with E-state index in [9.17, 15) is 31.4 Å². The zero-order valence-corrected chi connectivity index (χ0v) is 25.6. The van der Waals surface area contributed by atoms with Gasteiger partial charge in [-0.15, -0.1) is 0 Å². The van der Waals surface area contributed by atoms with E-state index in [4.69, 9.17) is 14.3 Å². The number of aromatic nitrogens is 1. The number of nitrogens with zero attached hydrogens (tertiary/aromatic N) is 1. The Balaban J connectivity index is 0.000000853. The molecule has 246 valence electrons. The highest BCUT2D eigenvalue weighted by Crippen LogP contribution is 2.41. The molecule has 3 aromatic rings. The zero-order valence-electron chi connectivity index (χ0n) is 25.6. The SMILES string of the molecule is C=O.CC1Cc2cnc(OCc3cc(-c4cc(F)c(OCC5CC(C)(O)C5)c(F)c4)c(C(F)(F)F)cc3F)cc2C1.CCOC. The van der Waals surface area contributed by atoms with Crippen LogP contribution < -0.4 is 9.47 Å². The first kappa shape index (κ1) is 35.8. The van der Waals surface area contributed by atoms with E-state index < -0.39 is 58.3 Å². The number of methoxy groups -OCH3 is 1. The highest BCUT2D eigenvalue weighted by molar-refractivity contribution is 5.70. The molecule has 2 aliphatic rings. The first-order valence-corrected chi connectivity index (χ1v) is 14.3. The minimum absolute atomic E-state index is 0.0508. The molecule has 6 nitrogen and oxygen atoms in total. The number of benzene rings is 2. The molecule has 1 saturated carbocycles. The van der Waals surface area contributed by atoms with Crippen molar-refractivity contribution in [1.82, 2.24) is 4.98 Å². The lowest BCUT2D eigenvalue weighted by molar-refractivity contribution is -0.137. The van der Waals surface area contributed by atoms with Crippen molar-refractivity contribution in [2.45, 2.75) is 64.8 Å². The Kier molecular flexibility index (Phi) is 12.0. The Morgan fingerprint density at radius 3 is 2.13 bits per heavy atom. The van der Waals surface area contributed by atoms with Gasteiger partial charge in [0.15, 0.2) is 17.4 Å². The van der Waals surface area contributed by atoms with Crippen molar-refractivity contribution < 1.29 is 50.5 Å². The summed E-state index contributed by atoms with van der Waals surface area (Å²) in [6.07, 6.45) is -0.777. The van der Waals surface area contributed by atoms with E-state index in [1.54, 1.807) is 26.3 Å². The molecule has 0 bridgehead atoms. The maximum absolute atomic E-state index is 14.8. The molecule has 0 saturated heterocycles. The lowest BCUT2D eigenvalue weighted by Crippen LogP contribution is -2.43. The summed E-state index contributed by atoms with van der Waals surface area (Å²) in [7, 11) is 1.68. The fraction of sp³-hybridized carbons (Fsp3) is 0.455. The van der Waals surface area contributed by atoms with Gasteiger partial charge in [-0.2, -0.15) is 13.2 Å². The number of carbonyl (C=O) groups is 1. The number of alkyl halides is 3. The van der Waals surface area contributed by atoms with Crippen LogP contribution in [0.1, 0.15) is 55.9 Å². The molecule has 5 rings (SSSR count). The molecule has 12 heteroatoms. The maximum Gasteiger partial charge on any atom is 0.417 e. The van der Waals surface area contributed by atoms with Crippen LogP contribution in [0.25, 0.3) is 11.1 Å². The summed E-state index contributed by atoms with van der Waals surface area (Å²) in [5.74, 6) is -3.71. The van der Waals surface area contributed by atoms with Gasteiger partial charge in [0.25, 0.3) is 0 Å².